The molecule has 0 radical (unpaired) electrons. The molecule has 0 bridgehead atoms. The first-order valence-corrected chi connectivity index (χ1v) is 13.2. The Morgan fingerprint density at radius 1 is 0.800 bits per heavy atom. The summed E-state index contributed by atoms with van der Waals surface area (Å²) in [5.74, 6) is 0. The summed E-state index contributed by atoms with van der Waals surface area (Å²) in [6.07, 6.45) is 15.5. The van der Waals surface area contributed by atoms with Gasteiger partial charge >= 0.3 is 0 Å². The average Bonchev–Trinajstić information content (AvgIpc) is 2.39. The van der Waals surface area contributed by atoms with Crippen molar-refractivity contribution in [2.45, 2.75) is 109 Å². The van der Waals surface area contributed by atoms with Gasteiger partial charge in [-0.3, -0.25) is 0 Å². The van der Waals surface area contributed by atoms with Gasteiger partial charge in [-0.25, -0.2) is 0 Å². The first-order chi connectivity index (χ1) is 9.37. The van der Waals surface area contributed by atoms with Crippen molar-refractivity contribution in [3.8, 4) is 0 Å². The van der Waals surface area contributed by atoms with Crippen molar-refractivity contribution in [3.63, 3.8) is 0 Å². The van der Waals surface area contributed by atoms with Crippen LogP contribution in [0.5, 0.6) is 0 Å². The van der Waals surface area contributed by atoms with E-state index < -0.39 is 8.07 Å². The van der Waals surface area contributed by atoms with Crippen molar-refractivity contribution < 1.29 is 4.43 Å². The predicted octanol–water partition coefficient (Wildman–Crippen LogP) is 5.23. The van der Waals surface area contributed by atoms with E-state index in [-0.39, 0.29) is 5.22 Å². The summed E-state index contributed by atoms with van der Waals surface area (Å²) in [6.45, 7) is 12.0. The van der Waals surface area contributed by atoms with E-state index in [1.54, 1.807) is 0 Å². The van der Waals surface area contributed by atoms with Crippen molar-refractivity contribution in [1.82, 2.24) is 0 Å². The van der Waals surface area contributed by atoms with Crippen LogP contribution in [0.4, 0.5) is 0 Å². The quantitative estimate of drug-likeness (QED) is 0.334. The molecule has 0 aromatic rings. The zero-order valence-corrected chi connectivity index (χ0v) is 18.2. The van der Waals surface area contributed by atoms with Crippen LogP contribution in [-0.2, 0) is 4.43 Å². The Labute approximate surface area is 132 Å². The molecule has 0 saturated carbocycles. The highest BCUT2D eigenvalue weighted by Gasteiger charge is 2.37. The lowest BCUT2D eigenvalue weighted by atomic mass is 10.0. The van der Waals surface area contributed by atoms with E-state index >= 15 is 0 Å². The van der Waals surface area contributed by atoms with Crippen LogP contribution in [0.25, 0.3) is 0 Å². The second-order valence-electron chi connectivity index (χ2n) is 7.62. The van der Waals surface area contributed by atoms with Crippen LogP contribution in [0.1, 0.15) is 84.5 Å². The molecule has 1 atom stereocenters. The highest BCUT2D eigenvalue weighted by molar-refractivity contribution is 6.79. The molecule has 0 saturated heterocycles. The molecule has 0 N–H and O–H groups in total. The molecule has 0 rings (SSSR count). The fourth-order valence-corrected chi connectivity index (χ4v) is 6.31. The minimum atomic E-state index is -1.19. The Morgan fingerprint density at radius 2 is 1.20 bits per heavy atom. The Bertz CT molecular complexity index is 226. The molecule has 0 aliphatic rings. The number of hydrogen-bond donors (Lipinski definition) is 0. The average molecular weight is 317 g/mol. The van der Waals surface area contributed by atoms with Gasteiger partial charge < -0.3 is 4.43 Å². The lowest BCUT2D eigenvalue weighted by molar-refractivity contribution is 0.165. The lowest BCUT2D eigenvalue weighted by Gasteiger charge is -2.40. The van der Waals surface area contributed by atoms with Gasteiger partial charge in [0.1, 0.15) is 10.5 Å². The molecule has 20 heavy (non-hydrogen) atoms. The molecular formula is C17H40OSi2. The normalized spacial score (nSPS) is 15.4. The highest BCUT2D eigenvalue weighted by atomic mass is 28.3. The van der Waals surface area contributed by atoms with Gasteiger partial charge in [0.25, 0.3) is 0 Å². The SMILES string of the molecule is CCCCCCCCCCCCC(C)(O[SiH3])[Si](C)(C)C. The number of unbranched alkanes of at least 4 members (excludes halogenated alkanes) is 9. The molecule has 1 unspecified atom stereocenters. The van der Waals surface area contributed by atoms with Crippen LogP contribution in [0.2, 0.25) is 19.6 Å². The van der Waals surface area contributed by atoms with Gasteiger partial charge in [0, 0.05) is 5.22 Å². The van der Waals surface area contributed by atoms with Crippen molar-refractivity contribution in [2.24, 2.45) is 0 Å². The van der Waals surface area contributed by atoms with Crippen molar-refractivity contribution in [2.75, 3.05) is 0 Å². The lowest BCUT2D eigenvalue weighted by Crippen LogP contribution is -2.51. The van der Waals surface area contributed by atoms with E-state index in [0.29, 0.717) is 0 Å². The van der Waals surface area contributed by atoms with E-state index in [1.165, 1.54) is 70.6 Å². The number of hydrogen-bond acceptors (Lipinski definition) is 1. The molecule has 0 aromatic carbocycles. The van der Waals surface area contributed by atoms with Crippen LogP contribution in [0.3, 0.4) is 0 Å². The summed E-state index contributed by atoms with van der Waals surface area (Å²) < 4.78 is 5.99. The van der Waals surface area contributed by atoms with Crippen LogP contribution in [0, 0.1) is 0 Å². The maximum atomic E-state index is 5.99. The molecule has 0 fully saturated rings. The first-order valence-electron chi connectivity index (χ1n) is 8.92. The molecule has 122 valence electrons. The Hall–Kier alpha value is 0.394. The van der Waals surface area contributed by atoms with Gasteiger partial charge in [-0.1, -0.05) is 90.8 Å². The summed E-state index contributed by atoms with van der Waals surface area (Å²) in [7, 11) is -0.309. The van der Waals surface area contributed by atoms with Gasteiger partial charge in [0.05, 0.1) is 8.07 Å². The standard InChI is InChI=1S/C17H40OSi2/c1-6-7-8-9-10-11-12-13-14-15-16-17(2,18-19)20(3,4)5/h6-16H2,1-5,19H3. The molecule has 0 aliphatic carbocycles. The third kappa shape index (κ3) is 8.63. The molecule has 0 amide bonds. The van der Waals surface area contributed by atoms with Crippen molar-refractivity contribution in [1.29, 1.82) is 0 Å². The predicted molar refractivity (Wildman–Crippen MR) is 99.2 cm³/mol. The maximum Gasteiger partial charge on any atom is 0.146 e. The monoisotopic (exact) mass is 316 g/mol. The van der Waals surface area contributed by atoms with Gasteiger partial charge in [-0.2, -0.15) is 0 Å². The fraction of sp³-hybridized carbons (Fsp3) is 1.00. The third-order valence-electron chi connectivity index (χ3n) is 5.04. The second-order valence-corrected chi connectivity index (χ2v) is 13.6. The first kappa shape index (κ1) is 20.4. The van der Waals surface area contributed by atoms with Gasteiger partial charge in [-0.05, 0) is 13.3 Å². The number of rotatable bonds is 13. The Kier molecular flexibility index (Phi) is 11.2. The Balaban J connectivity index is 3.52. The molecule has 0 spiro atoms. The maximum absolute atomic E-state index is 5.99. The van der Waals surface area contributed by atoms with Crippen LogP contribution < -0.4 is 0 Å². The largest absolute Gasteiger partial charge is 0.426 e. The summed E-state index contributed by atoms with van der Waals surface area (Å²) in [5.41, 5.74) is 0. The van der Waals surface area contributed by atoms with Crippen LogP contribution >= 0.6 is 0 Å². The van der Waals surface area contributed by atoms with Gasteiger partial charge in [0.2, 0.25) is 0 Å². The van der Waals surface area contributed by atoms with E-state index in [0.717, 1.165) is 10.5 Å². The second kappa shape index (κ2) is 11.0. The smallest absolute Gasteiger partial charge is 0.146 e. The highest BCUT2D eigenvalue weighted by Crippen LogP contribution is 2.29. The van der Waals surface area contributed by atoms with Crippen molar-refractivity contribution >= 4 is 18.6 Å². The van der Waals surface area contributed by atoms with Gasteiger partial charge in [0.15, 0.2) is 0 Å². The van der Waals surface area contributed by atoms with E-state index in [1.807, 2.05) is 0 Å². The van der Waals surface area contributed by atoms with E-state index in [2.05, 4.69) is 33.5 Å². The summed E-state index contributed by atoms with van der Waals surface area (Å²) in [5, 5.41) is 0.222. The summed E-state index contributed by atoms with van der Waals surface area (Å²) in [6, 6.07) is 0. The zero-order valence-electron chi connectivity index (χ0n) is 15.2. The summed E-state index contributed by atoms with van der Waals surface area (Å²) in [4.78, 5) is 0. The third-order valence-corrected chi connectivity index (χ3v) is 9.98. The molecule has 0 heterocycles. The van der Waals surface area contributed by atoms with Crippen molar-refractivity contribution in [3.05, 3.63) is 0 Å². The molecule has 3 heteroatoms. The molecule has 0 aromatic heterocycles. The minimum Gasteiger partial charge on any atom is -0.426 e. The summed E-state index contributed by atoms with van der Waals surface area (Å²) >= 11 is 0. The van der Waals surface area contributed by atoms with Crippen LogP contribution in [-0.4, -0.2) is 23.8 Å². The molecular weight excluding hydrogens is 276 g/mol. The van der Waals surface area contributed by atoms with E-state index in [4.69, 9.17) is 4.43 Å². The van der Waals surface area contributed by atoms with Crippen LogP contribution in [0.15, 0.2) is 0 Å². The van der Waals surface area contributed by atoms with Gasteiger partial charge in [-0.15, -0.1) is 0 Å². The zero-order chi connectivity index (χ0) is 15.5. The Morgan fingerprint density at radius 3 is 1.55 bits per heavy atom. The minimum absolute atomic E-state index is 0.222. The topological polar surface area (TPSA) is 9.23 Å². The molecule has 1 nitrogen and oxygen atoms in total. The molecule has 0 aliphatic heterocycles. The van der Waals surface area contributed by atoms with E-state index in [9.17, 15) is 0 Å². The fourth-order valence-electron chi connectivity index (χ4n) is 2.73.